The first-order valence-corrected chi connectivity index (χ1v) is 9.60. The third-order valence-electron chi connectivity index (χ3n) is 5.18. The monoisotopic (exact) mass is 377 g/mol. The van der Waals surface area contributed by atoms with Gasteiger partial charge < -0.3 is 5.32 Å². The van der Waals surface area contributed by atoms with Crippen molar-refractivity contribution in [2.45, 2.75) is 25.4 Å². The number of nitrogens with one attached hydrogen (secondary N) is 1. The fourth-order valence-electron chi connectivity index (χ4n) is 3.72. The number of aromatic nitrogens is 3. The molecular weight excluding hydrogens is 354 g/mol. The standard InChI is InChI=1S/C21H23N5O2/c27-20(15-26-21(28)17-10-4-5-11-18(17)23-24-26)22-14-19(25-12-6-7-13-25)16-8-2-1-3-9-16/h1-5,8-11,19H,6-7,12-15H2,(H,22,27)/t19-/m1/s1. The molecule has 28 heavy (non-hydrogen) atoms. The summed E-state index contributed by atoms with van der Waals surface area (Å²) in [5, 5.41) is 11.4. The molecule has 0 unspecified atom stereocenters. The number of carbonyl (C=O) groups is 1. The molecule has 1 fully saturated rings. The van der Waals surface area contributed by atoms with Crippen molar-refractivity contribution in [3.63, 3.8) is 0 Å². The Morgan fingerprint density at radius 1 is 1.04 bits per heavy atom. The number of carbonyl (C=O) groups excluding carboxylic acids is 1. The molecule has 7 nitrogen and oxygen atoms in total. The fraction of sp³-hybridized carbons (Fsp3) is 0.333. The van der Waals surface area contributed by atoms with Gasteiger partial charge in [0.25, 0.3) is 5.56 Å². The van der Waals surface area contributed by atoms with Gasteiger partial charge in [0.2, 0.25) is 5.91 Å². The summed E-state index contributed by atoms with van der Waals surface area (Å²) < 4.78 is 1.12. The first kappa shape index (κ1) is 18.3. The first-order valence-electron chi connectivity index (χ1n) is 9.60. The zero-order valence-corrected chi connectivity index (χ0v) is 15.6. The molecule has 0 radical (unpaired) electrons. The zero-order chi connectivity index (χ0) is 19.3. The molecule has 1 saturated heterocycles. The van der Waals surface area contributed by atoms with Gasteiger partial charge >= 0.3 is 0 Å². The Kier molecular flexibility index (Phi) is 5.43. The van der Waals surface area contributed by atoms with Crippen LogP contribution in [0.5, 0.6) is 0 Å². The Bertz CT molecular complexity index is 1010. The summed E-state index contributed by atoms with van der Waals surface area (Å²) in [5.74, 6) is -0.244. The zero-order valence-electron chi connectivity index (χ0n) is 15.6. The molecule has 7 heteroatoms. The van der Waals surface area contributed by atoms with Gasteiger partial charge in [-0.1, -0.05) is 47.7 Å². The fourth-order valence-corrected chi connectivity index (χ4v) is 3.72. The normalized spacial score (nSPS) is 15.6. The van der Waals surface area contributed by atoms with Gasteiger partial charge in [0.05, 0.1) is 11.4 Å². The molecule has 1 aromatic heterocycles. The Hall–Kier alpha value is -3.06. The van der Waals surface area contributed by atoms with E-state index in [1.807, 2.05) is 18.2 Å². The molecule has 1 aliphatic heterocycles. The number of hydrogen-bond acceptors (Lipinski definition) is 5. The van der Waals surface area contributed by atoms with Crippen LogP contribution >= 0.6 is 0 Å². The van der Waals surface area contributed by atoms with E-state index in [4.69, 9.17) is 0 Å². The quantitative estimate of drug-likeness (QED) is 0.708. The summed E-state index contributed by atoms with van der Waals surface area (Å²) in [6.45, 7) is 2.42. The van der Waals surface area contributed by atoms with Crippen molar-refractivity contribution in [3.8, 4) is 0 Å². The predicted octanol–water partition coefficient (Wildman–Crippen LogP) is 1.74. The molecule has 3 aromatic rings. The van der Waals surface area contributed by atoms with Crippen molar-refractivity contribution < 1.29 is 4.79 Å². The van der Waals surface area contributed by atoms with Gasteiger partial charge in [-0.25, -0.2) is 4.68 Å². The van der Waals surface area contributed by atoms with E-state index >= 15 is 0 Å². The number of likely N-dealkylation sites (tertiary alicyclic amines) is 1. The lowest BCUT2D eigenvalue weighted by atomic mass is 10.1. The van der Waals surface area contributed by atoms with E-state index in [1.54, 1.807) is 24.3 Å². The highest BCUT2D eigenvalue weighted by molar-refractivity contribution is 5.78. The number of hydrogen-bond donors (Lipinski definition) is 1. The summed E-state index contributed by atoms with van der Waals surface area (Å²) in [5.41, 5.74) is 1.41. The van der Waals surface area contributed by atoms with Crippen LogP contribution in [-0.2, 0) is 11.3 Å². The highest BCUT2D eigenvalue weighted by Gasteiger charge is 2.24. The molecule has 4 rings (SSSR count). The van der Waals surface area contributed by atoms with Crippen molar-refractivity contribution >= 4 is 16.8 Å². The highest BCUT2D eigenvalue weighted by Crippen LogP contribution is 2.24. The van der Waals surface area contributed by atoms with Crippen LogP contribution in [0.1, 0.15) is 24.4 Å². The number of amides is 1. The third kappa shape index (κ3) is 3.94. The maximum Gasteiger partial charge on any atom is 0.278 e. The second-order valence-electron chi connectivity index (χ2n) is 7.04. The summed E-state index contributed by atoms with van der Waals surface area (Å²) in [6, 6.07) is 17.3. The molecule has 2 aromatic carbocycles. The van der Waals surface area contributed by atoms with Gasteiger partial charge in [-0.3, -0.25) is 14.5 Å². The van der Waals surface area contributed by atoms with Crippen LogP contribution in [0.15, 0.2) is 59.4 Å². The molecule has 0 aliphatic carbocycles. The van der Waals surface area contributed by atoms with E-state index in [2.05, 4.69) is 32.7 Å². The van der Waals surface area contributed by atoms with Gasteiger partial charge in [0, 0.05) is 6.54 Å². The van der Waals surface area contributed by atoms with Crippen LogP contribution < -0.4 is 10.9 Å². The largest absolute Gasteiger partial charge is 0.353 e. The minimum Gasteiger partial charge on any atom is -0.353 e. The molecule has 0 bridgehead atoms. The molecule has 0 spiro atoms. The number of fused-ring (bicyclic) bond motifs is 1. The van der Waals surface area contributed by atoms with Crippen LogP contribution in [0.2, 0.25) is 0 Å². The summed E-state index contributed by atoms with van der Waals surface area (Å²) in [7, 11) is 0. The summed E-state index contributed by atoms with van der Waals surface area (Å²) in [6.07, 6.45) is 2.36. The average Bonchev–Trinajstić information content (AvgIpc) is 3.26. The van der Waals surface area contributed by atoms with E-state index in [-0.39, 0.29) is 24.1 Å². The molecule has 144 valence electrons. The van der Waals surface area contributed by atoms with Crippen LogP contribution in [0, 0.1) is 0 Å². The second kappa shape index (κ2) is 8.31. The van der Waals surface area contributed by atoms with E-state index in [9.17, 15) is 9.59 Å². The van der Waals surface area contributed by atoms with Gasteiger partial charge in [0.1, 0.15) is 12.1 Å². The Morgan fingerprint density at radius 2 is 1.75 bits per heavy atom. The molecule has 1 atom stereocenters. The maximum atomic E-state index is 12.5. The lowest BCUT2D eigenvalue weighted by Crippen LogP contribution is -2.39. The van der Waals surface area contributed by atoms with E-state index < -0.39 is 0 Å². The number of benzene rings is 2. The first-order chi connectivity index (χ1) is 13.7. The predicted molar refractivity (Wildman–Crippen MR) is 107 cm³/mol. The second-order valence-corrected chi connectivity index (χ2v) is 7.04. The molecule has 2 heterocycles. The van der Waals surface area contributed by atoms with E-state index in [0.717, 1.165) is 17.8 Å². The maximum absolute atomic E-state index is 12.5. The Balaban J connectivity index is 1.45. The van der Waals surface area contributed by atoms with Crippen molar-refractivity contribution in [2.75, 3.05) is 19.6 Å². The third-order valence-corrected chi connectivity index (χ3v) is 5.18. The molecule has 1 amide bonds. The minimum atomic E-state index is -0.306. The van der Waals surface area contributed by atoms with Crippen molar-refractivity contribution in [2.24, 2.45) is 0 Å². The van der Waals surface area contributed by atoms with Gasteiger partial charge in [0.15, 0.2) is 0 Å². The smallest absolute Gasteiger partial charge is 0.278 e. The van der Waals surface area contributed by atoms with Crippen LogP contribution in [0.3, 0.4) is 0 Å². The van der Waals surface area contributed by atoms with E-state index in [1.165, 1.54) is 18.4 Å². The number of nitrogens with zero attached hydrogens (tertiary/aromatic N) is 4. The lowest BCUT2D eigenvalue weighted by Gasteiger charge is -2.28. The highest BCUT2D eigenvalue weighted by atomic mass is 16.2. The number of rotatable bonds is 6. The van der Waals surface area contributed by atoms with E-state index in [0.29, 0.717) is 17.4 Å². The molecular formula is C21H23N5O2. The van der Waals surface area contributed by atoms with Gasteiger partial charge in [-0.05, 0) is 43.6 Å². The summed E-state index contributed by atoms with van der Waals surface area (Å²) in [4.78, 5) is 27.4. The Morgan fingerprint density at radius 3 is 2.54 bits per heavy atom. The van der Waals surface area contributed by atoms with Gasteiger partial charge in [-0.15, -0.1) is 5.10 Å². The molecule has 1 aliphatic rings. The molecule has 0 saturated carbocycles. The van der Waals surface area contributed by atoms with Crippen molar-refractivity contribution in [1.29, 1.82) is 0 Å². The minimum absolute atomic E-state index is 0.132. The average molecular weight is 377 g/mol. The summed E-state index contributed by atoms with van der Waals surface area (Å²) >= 11 is 0. The van der Waals surface area contributed by atoms with Crippen LogP contribution in [-0.4, -0.2) is 45.4 Å². The molecule has 1 N–H and O–H groups in total. The lowest BCUT2D eigenvalue weighted by molar-refractivity contribution is -0.122. The van der Waals surface area contributed by atoms with Crippen LogP contribution in [0.25, 0.3) is 10.9 Å². The topological polar surface area (TPSA) is 80.1 Å². The SMILES string of the molecule is O=C(Cn1nnc2ccccc2c1=O)NC[C@H](c1ccccc1)N1CCCC1. The Labute approximate surface area is 163 Å². The van der Waals surface area contributed by atoms with Crippen molar-refractivity contribution in [1.82, 2.24) is 25.2 Å². The van der Waals surface area contributed by atoms with Gasteiger partial charge in [-0.2, -0.15) is 0 Å². The van der Waals surface area contributed by atoms with Crippen molar-refractivity contribution in [3.05, 3.63) is 70.5 Å². The van der Waals surface area contributed by atoms with Crippen LogP contribution in [0.4, 0.5) is 0 Å².